The number of rotatable bonds is 7. The van der Waals surface area contributed by atoms with Gasteiger partial charge in [-0.05, 0) is 53.4 Å². The average molecular weight is 393 g/mol. The largest absolute Gasteiger partial charge is 0.497 e. The number of nitrogens with zero attached hydrogens (tertiary/aromatic N) is 2. The molecule has 3 aromatic rings. The van der Waals surface area contributed by atoms with Crippen LogP contribution in [0.25, 0.3) is 5.69 Å². The minimum atomic E-state index is -0.191. The molecule has 0 saturated heterocycles. The van der Waals surface area contributed by atoms with Crippen LogP contribution in [-0.4, -0.2) is 29.4 Å². The zero-order valence-electron chi connectivity index (χ0n) is 17.3. The van der Waals surface area contributed by atoms with Crippen molar-refractivity contribution in [2.45, 2.75) is 32.7 Å². The summed E-state index contributed by atoms with van der Waals surface area (Å²) in [5.41, 5.74) is 3.00. The first kappa shape index (κ1) is 20.5. The first-order valence-electron chi connectivity index (χ1n) is 9.54. The molecule has 0 spiro atoms. The molecule has 0 unspecified atom stereocenters. The van der Waals surface area contributed by atoms with Gasteiger partial charge in [-0.2, -0.15) is 5.10 Å². The van der Waals surface area contributed by atoms with Crippen LogP contribution in [0.1, 0.15) is 32.0 Å². The Balaban J connectivity index is 1.47. The Labute approximate surface area is 171 Å². The Morgan fingerprint density at radius 1 is 1.00 bits per heavy atom. The second kappa shape index (κ2) is 8.82. The van der Waals surface area contributed by atoms with Crippen LogP contribution in [0.5, 0.6) is 11.5 Å². The molecule has 0 radical (unpaired) electrons. The predicted octanol–water partition coefficient (Wildman–Crippen LogP) is 3.87. The molecule has 152 valence electrons. The van der Waals surface area contributed by atoms with Crippen LogP contribution in [0.3, 0.4) is 0 Å². The Morgan fingerprint density at radius 3 is 2.28 bits per heavy atom. The molecule has 0 aliphatic rings. The Hall–Kier alpha value is -3.28. The van der Waals surface area contributed by atoms with Gasteiger partial charge in [0.1, 0.15) is 11.5 Å². The standard InChI is InChI=1S/C23H27N3O3/c1-23(2,3)17-5-9-21(10-6-17)29-16-22(27)24-15-18-13-14-26(25-18)19-7-11-20(28-4)12-8-19/h5-14H,15-16H2,1-4H3,(H,24,27). The second-order valence-corrected chi connectivity index (χ2v) is 7.79. The van der Waals surface area contributed by atoms with E-state index in [1.54, 1.807) is 11.8 Å². The molecule has 1 heterocycles. The molecule has 0 saturated carbocycles. The van der Waals surface area contributed by atoms with Gasteiger partial charge in [0.2, 0.25) is 0 Å². The summed E-state index contributed by atoms with van der Waals surface area (Å²) < 4.78 is 12.5. The average Bonchev–Trinajstić information content (AvgIpc) is 3.19. The summed E-state index contributed by atoms with van der Waals surface area (Å²) in [6, 6.07) is 17.3. The van der Waals surface area contributed by atoms with Crippen LogP contribution in [0.4, 0.5) is 0 Å². The lowest BCUT2D eigenvalue weighted by Gasteiger charge is -2.19. The second-order valence-electron chi connectivity index (χ2n) is 7.79. The predicted molar refractivity (Wildman–Crippen MR) is 113 cm³/mol. The van der Waals surface area contributed by atoms with E-state index in [2.05, 4.69) is 31.2 Å². The first-order chi connectivity index (χ1) is 13.8. The van der Waals surface area contributed by atoms with Crippen molar-refractivity contribution in [2.75, 3.05) is 13.7 Å². The number of nitrogens with one attached hydrogen (secondary N) is 1. The van der Waals surface area contributed by atoms with Crippen LogP contribution in [0.2, 0.25) is 0 Å². The lowest BCUT2D eigenvalue weighted by Crippen LogP contribution is -2.28. The quantitative estimate of drug-likeness (QED) is 0.662. The normalized spacial score (nSPS) is 11.2. The molecule has 6 nitrogen and oxygen atoms in total. The zero-order chi connectivity index (χ0) is 20.9. The number of carbonyl (C=O) groups is 1. The lowest BCUT2D eigenvalue weighted by atomic mass is 9.87. The van der Waals surface area contributed by atoms with Crippen LogP contribution in [-0.2, 0) is 16.8 Å². The molecular weight excluding hydrogens is 366 g/mol. The zero-order valence-corrected chi connectivity index (χ0v) is 17.3. The molecule has 1 amide bonds. The monoisotopic (exact) mass is 393 g/mol. The summed E-state index contributed by atoms with van der Waals surface area (Å²) in [5.74, 6) is 1.28. The van der Waals surface area contributed by atoms with E-state index in [0.717, 1.165) is 17.1 Å². The summed E-state index contributed by atoms with van der Waals surface area (Å²) in [4.78, 5) is 12.1. The van der Waals surface area contributed by atoms with Gasteiger partial charge in [0.25, 0.3) is 5.91 Å². The van der Waals surface area contributed by atoms with Gasteiger partial charge in [0.15, 0.2) is 6.61 Å². The summed E-state index contributed by atoms with van der Waals surface area (Å²) in [6.07, 6.45) is 1.86. The van der Waals surface area contributed by atoms with E-state index in [1.165, 1.54) is 5.56 Å². The Kier molecular flexibility index (Phi) is 6.22. The molecule has 6 heteroatoms. The first-order valence-corrected chi connectivity index (χ1v) is 9.54. The minimum absolute atomic E-state index is 0.0337. The number of carbonyl (C=O) groups excluding carboxylic acids is 1. The minimum Gasteiger partial charge on any atom is -0.497 e. The number of hydrogen-bond donors (Lipinski definition) is 1. The highest BCUT2D eigenvalue weighted by atomic mass is 16.5. The summed E-state index contributed by atoms with van der Waals surface area (Å²) in [5, 5.41) is 7.31. The maximum Gasteiger partial charge on any atom is 0.258 e. The van der Waals surface area contributed by atoms with Crippen molar-refractivity contribution in [1.82, 2.24) is 15.1 Å². The molecule has 3 rings (SSSR count). The Morgan fingerprint density at radius 2 is 1.66 bits per heavy atom. The molecule has 0 atom stereocenters. The van der Waals surface area contributed by atoms with Gasteiger partial charge < -0.3 is 14.8 Å². The Bertz CT molecular complexity index is 939. The van der Waals surface area contributed by atoms with Crippen molar-refractivity contribution in [3.05, 3.63) is 72.1 Å². The SMILES string of the molecule is COc1ccc(-n2ccc(CNC(=O)COc3ccc(C(C)(C)C)cc3)n2)cc1. The van der Waals surface area contributed by atoms with Crippen LogP contribution in [0.15, 0.2) is 60.8 Å². The van der Waals surface area contributed by atoms with Gasteiger partial charge in [0.05, 0.1) is 25.0 Å². The number of hydrogen-bond acceptors (Lipinski definition) is 4. The van der Waals surface area contributed by atoms with Crippen LogP contribution < -0.4 is 14.8 Å². The number of aromatic nitrogens is 2. The van der Waals surface area contributed by atoms with E-state index < -0.39 is 0 Å². The van der Waals surface area contributed by atoms with Crippen molar-refractivity contribution in [3.8, 4) is 17.2 Å². The highest BCUT2D eigenvalue weighted by molar-refractivity contribution is 5.77. The molecular formula is C23H27N3O3. The molecule has 0 bridgehead atoms. The molecule has 1 N–H and O–H groups in total. The van der Waals surface area contributed by atoms with E-state index in [1.807, 2.05) is 60.8 Å². The van der Waals surface area contributed by atoms with Crippen molar-refractivity contribution in [2.24, 2.45) is 0 Å². The number of amides is 1. The van der Waals surface area contributed by atoms with Crippen molar-refractivity contribution >= 4 is 5.91 Å². The van der Waals surface area contributed by atoms with Crippen LogP contribution in [0, 0.1) is 0 Å². The molecule has 0 aliphatic heterocycles. The van der Waals surface area contributed by atoms with Gasteiger partial charge in [-0.25, -0.2) is 4.68 Å². The molecule has 1 aromatic heterocycles. The topological polar surface area (TPSA) is 65.4 Å². The lowest BCUT2D eigenvalue weighted by molar-refractivity contribution is -0.123. The molecule has 2 aromatic carbocycles. The van der Waals surface area contributed by atoms with E-state index >= 15 is 0 Å². The molecule has 0 aliphatic carbocycles. The number of methoxy groups -OCH3 is 1. The van der Waals surface area contributed by atoms with Gasteiger partial charge in [-0.1, -0.05) is 32.9 Å². The fourth-order valence-electron chi connectivity index (χ4n) is 2.77. The number of benzene rings is 2. The summed E-state index contributed by atoms with van der Waals surface area (Å²) >= 11 is 0. The third-order valence-corrected chi connectivity index (χ3v) is 4.54. The van der Waals surface area contributed by atoms with E-state index in [0.29, 0.717) is 12.3 Å². The maximum absolute atomic E-state index is 12.1. The third-order valence-electron chi connectivity index (χ3n) is 4.54. The molecule has 0 fully saturated rings. The smallest absolute Gasteiger partial charge is 0.258 e. The fraction of sp³-hybridized carbons (Fsp3) is 0.304. The molecule has 29 heavy (non-hydrogen) atoms. The van der Waals surface area contributed by atoms with Crippen molar-refractivity contribution in [3.63, 3.8) is 0 Å². The highest BCUT2D eigenvalue weighted by Gasteiger charge is 2.13. The van der Waals surface area contributed by atoms with Gasteiger partial charge in [0, 0.05) is 6.20 Å². The highest BCUT2D eigenvalue weighted by Crippen LogP contribution is 2.24. The summed E-state index contributed by atoms with van der Waals surface area (Å²) in [6.45, 7) is 6.78. The summed E-state index contributed by atoms with van der Waals surface area (Å²) in [7, 11) is 1.63. The van der Waals surface area contributed by atoms with Gasteiger partial charge in [-0.3, -0.25) is 4.79 Å². The third kappa shape index (κ3) is 5.60. The van der Waals surface area contributed by atoms with E-state index in [9.17, 15) is 4.79 Å². The van der Waals surface area contributed by atoms with Crippen molar-refractivity contribution < 1.29 is 14.3 Å². The van der Waals surface area contributed by atoms with Crippen LogP contribution >= 0.6 is 0 Å². The van der Waals surface area contributed by atoms with Gasteiger partial charge >= 0.3 is 0 Å². The van der Waals surface area contributed by atoms with Gasteiger partial charge in [-0.15, -0.1) is 0 Å². The van der Waals surface area contributed by atoms with E-state index in [-0.39, 0.29) is 17.9 Å². The number of ether oxygens (including phenoxy) is 2. The fourth-order valence-corrected chi connectivity index (χ4v) is 2.77. The van der Waals surface area contributed by atoms with E-state index in [4.69, 9.17) is 9.47 Å². The van der Waals surface area contributed by atoms with Crippen molar-refractivity contribution in [1.29, 1.82) is 0 Å². The maximum atomic E-state index is 12.1.